The summed E-state index contributed by atoms with van der Waals surface area (Å²) in [5.41, 5.74) is 0.945. The second-order valence-corrected chi connectivity index (χ2v) is 6.67. The van der Waals surface area contributed by atoms with Crippen LogP contribution in [0.4, 0.5) is 38.0 Å². The molecule has 0 bridgehead atoms. The molecule has 0 fully saturated rings. The smallest absolute Gasteiger partial charge is 0.326 e. The predicted molar refractivity (Wildman–Crippen MR) is 91.5 cm³/mol. The number of benzene rings is 1. The number of amides is 1. The van der Waals surface area contributed by atoms with Crippen molar-refractivity contribution in [2.24, 2.45) is 0 Å². The lowest BCUT2D eigenvalue weighted by Gasteiger charge is -2.16. The fourth-order valence-corrected chi connectivity index (χ4v) is 3.20. The van der Waals surface area contributed by atoms with Crippen molar-refractivity contribution in [3.63, 3.8) is 0 Å². The van der Waals surface area contributed by atoms with Crippen LogP contribution in [0.15, 0.2) is 18.3 Å². The van der Waals surface area contributed by atoms with Gasteiger partial charge in [-0.15, -0.1) is 0 Å². The molecule has 0 saturated heterocycles. The number of fused-ring (bicyclic) bond motifs is 1. The van der Waals surface area contributed by atoms with E-state index in [1.54, 1.807) is 13.0 Å². The monoisotopic (exact) mass is 438 g/mol. The first-order valence-electron chi connectivity index (χ1n) is 8.27. The minimum absolute atomic E-state index is 0.177. The molecule has 29 heavy (non-hydrogen) atoms. The van der Waals surface area contributed by atoms with E-state index in [0.29, 0.717) is 39.9 Å². The number of aryl methyl sites for hydroxylation is 1. The Bertz CT molecular complexity index is 960. The molecular weight excluding hydrogens is 426 g/mol. The number of nitrogens with one attached hydrogen (secondary N) is 1. The van der Waals surface area contributed by atoms with Crippen molar-refractivity contribution in [3.05, 3.63) is 45.7 Å². The van der Waals surface area contributed by atoms with E-state index >= 15 is 0 Å². The fourth-order valence-electron chi connectivity index (χ4n) is 2.97. The molecule has 1 aromatic heterocycles. The van der Waals surface area contributed by atoms with E-state index in [9.17, 15) is 31.1 Å². The molecule has 1 amide bonds. The van der Waals surface area contributed by atoms with Crippen molar-refractivity contribution in [2.75, 3.05) is 5.32 Å². The van der Waals surface area contributed by atoms with Crippen LogP contribution >= 0.6 is 11.6 Å². The van der Waals surface area contributed by atoms with Crippen LogP contribution in [0.2, 0.25) is 5.15 Å². The van der Waals surface area contributed by atoms with Crippen LogP contribution in [-0.4, -0.2) is 27.0 Å². The van der Waals surface area contributed by atoms with Gasteiger partial charge in [0.15, 0.2) is 0 Å². The highest BCUT2D eigenvalue weighted by Crippen LogP contribution is 2.35. The van der Waals surface area contributed by atoms with Crippen molar-refractivity contribution < 1.29 is 31.1 Å². The summed E-state index contributed by atoms with van der Waals surface area (Å²) in [5, 5.41) is 1.97. The number of carbonyl (C=O) groups excluding carboxylic acids is 1. The van der Waals surface area contributed by atoms with E-state index in [0.717, 1.165) is 0 Å². The Hall–Kier alpha value is -2.56. The molecule has 0 spiro atoms. The van der Waals surface area contributed by atoms with Gasteiger partial charge in [-0.1, -0.05) is 24.6 Å². The number of hydrogen-bond acceptors (Lipinski definition) is 4. The highest BCUT2D eigenvalue weighted by atomic mass is 35.5. The van der Waals surface area contributed by atoms with Crippen LogP contribution in [0.1, 0.15) is 29.2 Å². The zero-order chi connectivity index (χ0) is 21.6. The van der Waals surface area contributed by atoms with Crippen LogP contribution in [-0.2, 0) is 30.5 Å². The third-order valence-electron chi connectivity index (χ3n) is 4.35. The molecule has 0 radical (unpaired) electrons. The Morgan fingerprint density at radius 3 is 2.31 bits per heavy atom. The molecule has 2 aromatic rings. The molecular formula is C17H13ClF6N4O. The van der Waals surface area contributed by atoms with E-state index in [2.05, 4.69) is 15.3 Å². The maximum Gasteiger partial charge on any atom is 0.471 e. The van der Waals surface area contributed by atoms with Crippen LogP contribution < -0.4 is 5.32 Å². The van der Waals surface area contributed by atoms with Gasteiger partial charge in [0.2, 0.25) is 5.95 Å². The van der Waals surface area contributed by atoms with Crippen LogP contribution in [0.25, 0.3) is 0 Å². The summed E-state index contributed by atoms with van der Waals surface area (Å²) in [4.78, 5) is 19.3. The Labute approximate surface area is 165 Å². The van der Waals surface area contributed by atoms with Crippen LogP contribution in [0, 0.1) is 0 Å². The second kappa shape index (κ2) is 7.36. The normalized spacial score (nSPS) is 14.1. The van der Waals surface area contributed by atoms with Crippen molar-refractivity contribution in [2.45, 2.75) is 38.8 Å². The van der Waals surface area contributed by atoms with Gasteiger partial charge in [-0.05, 0) is 29.2 Å². The number of carbonyl (C=O) groups is 1. The van der Waals surface area contributed by atoms with Crippen molar-refractivity contribution >= 4 is 29.1 Å². The third kappa shape index (κ3) is 4.39. The quantitative estimate of drug-likeness (QED) is 0.549. The first-order valence-corrected chi connectivity index (χ1v) is 8.65. The molecule has 0 atom stereocenters. The van der Waals surface area contributed by atoms with E-state index in [1.165, 1.54) is 6.07 Å². The van der Waals surface area contributed by atoms with Gasteiger partial charge in [-0.25, -0.2) is 9.97 Å². The summed E-state index contributed by atoms with van der Waals surface area (Å²) in [6.07, 6.45) is -8.66. The minimum Gasteiger partial charge on any atom is -0.326 e. The van der Waals surface area contributed by atoms with Gasteiger partial charge in [-0.3, -0.25) is 4.79 Å². The molecule has 3 rings (SSSR count). The minimum atomic E-state index is -4.97. The number of alkyl halides is 6. The SMILES string of the molecule is CCc1cc2c(cc1Nc1ncc(C(F)(F)F)c(Cl)n1)CN(C(=O)C(F)(F)F)C2. The summed E-state index contributed by atoms with van der Waals surface area (Å²) < 4.78 is 76.3. The topological polar surface area (TPSA) is 58.1 Å². The summed E-state index contributed by atoms with van der Waals surface area (Å²) in [7, 11) is 0. The number of rotatable bonds is 3. The van der Waals surface area contributed by atoms with Crippen molar-refractivity contribution in [3.8, 4) is 0 Å². The van der Waals surface area contributed by atoms with E-state index < -0.39 is 29.0 Å². The Balaban J connectivity index is 1.88. The highest BCUT2D eigenvalue weighted by Gasteiger charge is 2.44. The third-order valence-corrected chi connectivity index (χ3v) is 4.64. The predicted octanol–water partition coefficient (Wildman–Crippen LogP) is 4.86. The molecule has 1 aromatic carbocycles. The summed E-state index contributed by atoms with van der Waals surface area (Å²) >= 11 is 5.58. The number of nitrogens with zero attached hydrogens (tertiary/aromatic N) is 3. The van der Waals surface area contributed by atoms with Gasteiger partial charge in [0.05, 0.1) is 0 Å². The molecule has 1 N–H and O–H groups in total. The Kier molecular flexibility index (Phi) is 5.37. The maximum absolute atomic E-state index is 12.8. The number of hydrogen-bond donors (Lipinski definition) is 1. The zero-order valence-electron chi connectivity index (χ0n) is 14.7. The Morgan fingerprint density at radius 1 is 1.17 bits per heavy atom. The van der Waals surface area contributed by atoms with E-state index in [-0.39, 0.29) is 19.0 Å². The molecule has 2 heterocycles. The van der Waals surface area contributed by atoms with Gasteiger partial charge >= 0.3 is 18.3 Å². The lowest BCUT2D eigenvalue weighted by Crippen LogP contribution is -2.37. The number of aromatic nitrogens is 2. The second-order valence-electron chi connectivity index (χ2n) is 6.31. The first-order chi connectivity index (χ1) is 13.4. The molecule has 12 heteroatoms. The lowest BCUT2D eigenvalue weighted by molar-refractivity contribution is -0.186. The molecule has 156 valence electrons. The Morgan fingerprint density at radius 2 is 1.79 bits per heavy atom. The average Bonchev–Trinajstić information content (AvgIpc) is 3.01. The zero-order valence-corrected chi connectivity index (χ0v) is 15.5. The summed E-state index contributed by atoms with van der Waals surface area (Å²) in [5.74, 6) is -2.13. The van der Waals surface area contributed by atoms with E-state index in [1.807, 2.05) is 0 Å². The van der Waals surface area contributed by atoms with Crippen LogP contribution in [0.5, 0.6) is 0 Å². The fraction of sp³-hybridized carbons (Fsp3) is 0.353. The lowest BCUT2D eigenvalue weighted by atomic mass is 10.0. The van der Waals surface area contributed by atoms with E-state index in [4.69, 9.17) is 11.6 Å². The number of halogens is 7. The first kappa shape index (κ1) is 21.2. The molecule has 5 nitrogen and oxygen atoms in total. The molecule has 1 aliphatic rings. The summed E-state index contributed by atoms with van der Waals surface area (Å²) in [6, 6.07) is 3.18. The number of anilines is 2. The van der Waals surface area contributed by atoms with Gasteiger partial charge < -0.3 is 10.2 Å². The van der Waals surface area contributed by atoms with Crippen LogP contribution in [0.3, 0.4) is 0 Å². The van der Waals surface area contributed by atoms with Gasteiger partial charge in [-0.2, -0.15) is 26.3 Å². The molecule has 0 unspecified atom stereocenters. The van der Waals surface area contributed by atoms with Crippen molar-refractivity contribution in [1.82, 2.24) is 14.9 Å². The summed E-state index contributed by atoms with van der Waals surface area (Å²) in [6.45, 7) is 1.38. The largest absolute Gasteiger partial charge is 0.471 e. The maximum atomic E-state index is 12.8. The molecule has 0 aliphatic carbocycles. The van der Waals surface area contributed by atoms with Gasteiger partial charge in [0.1, 0.15) is 10.7 Å². The van der Waals surface area contributed by atoms with Gasteiger partial charge in [0, 0.05) is 25.0 Å². The van der Waals surface area contributed by atoms with Crippen molar-refractivity contribution in [1.29, 1.82) is 0 Å². The standard InChI is InChI=1S/C17H13ClF6N4O/c1-2-8-3-9-6-28(14(29)17(22,23)24)7-10(9)4-12(8)26-15-25-5-11(13(18)27-15)16(19,20)21/h3-5H,2,6-7H2,1H3,(H,25,26,27). The highest BCUT2D eigenvalue weighted by molar-refractivity contribution is 6.30. The average molecular weight is 439 g/mol. The van der Waals surface area contributed by atoms with Gasteiger partial charge in [0.25, 0.3) is 0 Å². The molecule has 0 saturated carbocycles. The molecule has 1 aliphatic heterocycles.